The smallest absolute Gasteiger partial charge is 0.0784 e. The van der Waals surface area contributed by atoms with Gasteiger partial charge in [0.25, 0.3) is 0 Å². The Labute approximate surface area is 278 Å². The minimum absolute atomic E-state index is 0.158. The number of hydrogen-bond donors (Lipinski definition) is 3. The zero-order valence-corrected chi connectivity index (χ0v) is 26.7. The molecule has 4 nitrogen and oxygen atoms in total. The number of hydrogen-bond acceptors (Lipinski definition) is 3. The molecular weight excluding hydrogens is 573 g/mol. The van der Waals surface area contributed by atoms with Gasteiger partial charge in [-0.3, -0.25) is 0 Å². The van der Waals surface area contributed by atoms with Crippen LogP contribution in [0.2, 0.25) is 0 Å². The maximum atomic E-state index is 5.93. The summed E-state index contributed by atoms with van der Waals surface area (Å²) < 4.78 is 2.45. The Morgan fingerprint density at radius 2 is 1.70 bits per heavy atom. The van der Waals surface area contributed by atoms with E-state index in [1.54, 1.807) is 0 Å². The van der Waals surface area contributed by atoms with Gasteiger partial charge < -0.3 is 21.4 Å². The molecule has 0 aliphatic heterocycles. The fraction of sp³-hybridized carbons (Fsp3) is 0.163. The van der Waals surface area contributed by atoms with Crippen molar-refractivity contribution in [2.75, 3.05) is 5.32 Å². The molecule has 2 aliphatic carbocycles. The number of rotatable bonds is 10. The Morgan fingerprint density at radius 3 is 2.49 bits per heavy atom. The summed E-state index contributed by atoms with van der Waals surface area (Å²) in [6, 6.07) is 34.5. The lowest BCUT2D eigenvalue weighted by molar-refractivity contribution is 0.685. The molecule has 2 atom stereocenters. The first kappa shape index (κ1) is 30.5. The molecule has 0 saturated heterocycles. The minimum Gasteiger partial charge on any atom is -0.362 e. The second kappa shape index (κ2) is 13.7. The van der Waals surface area contributed by atoms with Gasteiger partial charge in [-0.25, -0.2) is 0 Å². The first-order chi connectivity index (χ1) is 23.1. The van der Waals surface area contributed by atoms with Crippen LogP contribution < -0.4 is 16.8 Å². The second-order valence-electron chi connectivity index (χ2n) is 12.6. The lowest BCUT2D eigenvalue weighted by atomic mass is 9.84. The molecule has 5 aromatic rings. The molecule has 47 heavy (non-hydrogen) atoms. The Balaban J connectivity index is 1.18. The maximum Gasteiger partial charge on any atom is 0.0784 e. The summed E-state index contributed by atoms with van der Waals surface area (Å²) in [5, 5.41) is 4.89. The van der Waals surface area contributed by atoms with Crippen molar-refractivity contribution in [3.05, 3.63) is 174 Å². The molecule has 5 N–H and O–H groups in total. The molecule has 0 bridgehead atoms. The van der Waals surface area contributed by atoms with E-state index in [0.717, 1.165) is 36.9 Å². The van der Waals surface area contributed by atoms with Crippen LogP contribution in [0.5, 0.6) is 0 Å². The predicted molar refractivity (Wildman–Crippen MR) is 199 cm³/mol. The lowest BCUT2D eigenvalue weighted by Crippen LogP contribution is -2.19. The molecule has 2 aliphatic rings. The number of nitrogens with one attached hydrogen (secondary N) is 1. The molecule has 7 rings (SSSR count). The van der Waals surface area contributed by atoms with E-state index in [9.17, 15) is 0 Å². The molecule has 4 heteroatoms. The normalized spacial score (nSPS) is 16.2. The highest BCUT2D eigenvalue weighted by Crippen LogP contribution is 2.40. The summed E-state index contributed by atoms with van der Waals surface area (Å²) >= 11 is 0. The van der Waals surface area contributed by atoms with Gasteiger partial charge in [-0.05, 0) is 84.5 Å². The topological polar surface area (TPSA) is 69.0 Å². The lowest BCUT2D eigenvalue weighted by Gasteiger charge is -2.21. The van der Waals surface area contributed by atoms with Crippen molar-refractivity contribution < 1.29 is 0 Å². The molecule has 1 aromatic heterocycles. The Kier molecular flexibility index (Phi) is 8.87. The van der Waals surface area contributed by atoms with Crippen molar-refractivity contribution in [2.45, 2.75) is 37.8 Å². The van der Waals surface area contributed by atoms with Crippen molar-refractivity contribution in [1.82, 2.24) is 4.57 Å². The second-order valence-corrected chi connectivity index (χ2v) is 12.6. The summed E-state index contributed by atoms with van der Waals surface area (Å²) in [4.78, 5) is 0. The zero-order chi connectivity index (χ0) is 32.2. The van der Waals surface area contributed by atoms with Crippen LogP contribution in [-0.4, -0.2) is 4.57 Å². The van der Waals surface area contributed by atoms with Crippen molar-refractivity contribution >= 4 is 22.7 Å². The van der Waals surface area contributed by atoms with Crippen molar-refractivity contribution in [3.8, 4) is 16.8 Å². The van der Waals surface area contributed by atoms with Crippen LogP contribution in [0.1, 0.15) is 53.7 Å². The fourth-order valence-corrected chi connectivity index (χ4v) is 7.00. The number of anilines is 1. The Hall–Kier alpha value is -5.16. The van der Waals surface area contributed by atoms with Crippen LogP contribution in [0.15, 0.2) is 152 Å². The molecule has 0 spiro atoms. The SMILES string of the molecule is C=C(CC(/C=C\Nc1cccc(-c2cccc3c2c2c(n3-c3ccccc3)CCC=C2)c1)c1ccc(C(N)N)cc1)C1C=CC=CC1. The summed E-state index contributed by atoms with van der Waals surface area (Å²) in [5.74, 6) is 0.516. The first-order valence-corrected chi connectivity index (χ1v) is 16.6. The summed E-state index contributed by atoms with van der Waals surface area (Å²) in [6.07, 6.45) is 21.1. The monoisotopic (exact) mass is 614 g/mol. The van der Waals surface area contributed by atoms with E-state index in [-0.39, 0.29) is 5.92 Å². The molecule has 234 valence electrons. The van der Waals surface area contributed by atoms with E-state index >= 15 is 0 Å². The molecule has 2 unspecified atom stereocenters. The van der Waals surface area contributed by atoms with Gasteiger partial charge in [0.2, 0.25) is 0 Å². The molecule has 4 aromatic carbocycles. The van der Waals surface area contributed by atoms with Crippen molar-refractivity contribution in [3.63, 3.8) is 0 Å². The van der Waals surface area contributed by atoms with Gasteiger partial charge >= 0.3 is 0 Å². The van der Waals surface area contributed by atoms with E-state index < -0.39 is 6.17 Å². The maximum absolute atomic E-state index is 5.93. The van der Waals surface area contributed by atoms with Gasteiger partial charge in [0.1, 0.15) is 0 Å². The van der Waals surface area contributed by atoms with Crippen LogP contribution in [0.25, 0.3) is 33.8 Å². The molecule has 0 amide bonds. The quantitative estimate of drug-likeness (QED) is 0.108. The predicted octanol–water partition coefficient (Wildman–Crippen LogP) is 9.96. The first-order valence-electron chi connectivity index (χ1n) is 16.6. The van der Waals surface area contributed by atoms with Gasteiger partial charge in [-0.15, -0.1) is 0 Å². The Bertz CT molecular complexity index is 2000. The highest BCUT2D eigenvalue weighted by atomic mass is 15.0. The number of nitrogens with zero attached hydrogens (tertiary/aromatic N) is 1. The van der Waals surface area contributed by atoms with Crippen LogP contribution in [0.3, 0.4) is 0 Å². The molecule has 0 saturated carbocycles. The van der Waals surface area contributed by atoms with E-state index in [0.29, 0.717) is 5.92 Å². The van der Waals surface area contributed by atoms with Crippen LogP contribution in [0.4, 0.5) is 5.69 Å². The van der Waals surface area contributed by atoms with Gasteiger partial charge in [0.05, 0.1) is 11.7 Å². The number of allylic oxidation sites excluding steroid dienone is 7. The van der Waals surface area contributed by atoms with E-state index in [1.807, 2.05) is 12.1 Å². The van der Waals surface area contributed by atoms with Gasteiger partial charge in [0, 0.05) is 39.9 Å². The number of benzene rings is 4. The average Bonchev–Trinajstić information content (AvgIpc) is 3.47. The Morgan fingerprint density at radius 1 is 0.894 bits per heavy atom. The number of para-hydroxylation sites is 1. The van der Waals surface area contributed by atoms with E-state index in [1.165, 1.54) is 50.1 Å². The largest absolute Gasteiger partial charge is 0.362 e. The summed E-state index contributed by atoms with van der Waals surface area (Å²) in [7, 11) is 0. The highest BCUT2D eigenvalue weighted by Gasteiger charge is 2.21. The molecule has 1 heterocycles. The van der Waals surface area contributed by atoms with Gasteiger partial charge in [-0.1, -0.05) is 121 Å². The van der Waals surface area contributed by atoms with Crippen LogP contribution >= 0.6 is 0 Å². The third-order valence-corrected chi connectivity index (χ3v) is 9.47. The van der Waals surface area contributed by atoms with Gasteiger partial charge in [0.15, 0.2) is 0 Å². The fourth-order valence-electron chi connectivity index (χ4n) is 7.00. The number of aromatic nitrogens is 1. The van der Waals surface area contributed by atoms with E-state index in [2.05, 4.69) is 150 Å². The third-order valence-electron chi connectivity index (χ3n) is 9.47. The summed E-state index contributed by atoms with van der Waals surface area (Å²) in [5.41, 5.74) is 23.9. The highest BCUT2D eigenvalue weighted by molar-refractivity contribution is 6.04. The average molecular weight is 615 g/mol. The third kappa shape index (κ3) is 6.44. The zero-order valence-electron chi connectivity index (χ0n) is 26.7. The summed E-state index contributed by atoms with van der Waals surface area (Å²) in [6.45, 7) is 4.49. The number of nitrogens with two attached hydrogens (primary N) is 2. The van der Waals surface area contributed by atoms with E-state index in [4.69, 9.17) is 11.5 Å². The van der Waals surface area contributed by atoms with Crippen LogP contribution in [-0.2, 0) is 6.42 Å². The molecule has 0 radical (unpaired) electrons. The van der Waals surface area contributed by atoms with Gasteiger partial charge in [-0.2, -0.15) is 0 Å². The number of fused-ring (bicyclic) bond motifs is 3. The molecule has 0 fully saturated rings. The van der Waals surface area contributed by atoms with Crippen molar-refractivity contribution in [1.29, 1.82) is 0 Å². The standard InChI is InChI=1S/C43H42N4/c1-30(31-12-4-2-5-13-31)28-34(32-22-24-33(25-23-32)43(44)45)26-27-46-36-15-10-14-35(29-36)38-19-11-21-41-42(38)39-18-8-9-20-40(39)47(41)37-16-6-3-7-17-37/h2-8,10-12,14-19,21-27,29,31,34,43,46H,1,9,13,20,28,44-45H2/b27-26-. The molecular formula is C43H42N4. The minimum atomic E-state index is -0.481. The van der Waals surface area contributed by atoms with Crippen LogP contribution in [0, 0.1) is 5.92 Å². The van der Waals surface area contributed by atoms with Crippen molar-refractivity contribution in [2.24, 2.45) is 17.4 Å².